The Hall–Kier alpha value is -4.18. The Labute approximate surface area is 230 Å². The number of aryl methyl sites for hydroxylation is 1. The molecule has 5 aromatic rings. The third-order valence-electron chi connectivity index (χ3n) is 7.91. The molecule has 6 rings (SSSR count). The molecule has 0 radical (unpaired) electrons. The molecular formula is C35H35N3O. The minimum atomic E-state index is -0.0209. The van der Waals surface area contributed by atoms with Gasteiger partial charge in [-0.15, -0.1) is 0 Å². The summed E-state index contributed by atoms with van der Waals surface area (Å²) < 4.78 is 2.04. The van der Waals surface area contributed by atoms with Crippen molar-refractivity contribution >= 4 is 16.8 Å². The summed E-state index contributed by atoms with van der Waals surface area (Å²) in [7, 11) is 0. The molecule has 1 saturated carbocycles. The van der Waals surface area contributed by atoms with Gasteiger partial charge in [-0.3, -0.25) is 9.48 Å². The third kappa shape index (κ3) is 5.37. The lowest BCUT2D eigenvalue weighted by Crippen LogP contribution is -2.30. The Morgan fingerprint density at radius 1 is 0.872 bits per heavy atom. The van der Waals surface area contributed by atoms with Gasteiger partial charge in [-0.1, -0.05) is 92.7 Å². The average molecular weight is 514 g/mol. The predicted octanol–water partition coefficient (Wildman–Crippen LogP) is 8.06. The number of hydrogen-bond donors (Lipinski definition) is 1. The molecule has 1 N–H and O–H groups in total. The van der Waals surface area contributed by atoms with Crippen LogP contribution in [0.5, 0.6) is 0 Å². The SMILES string of the molecule is Cc1nn(Cc2ccc(-c3ccccc3)cc2)c2ccc(C(=O)N[C@H](c3cccc(C(C)C)c3)C3CC3)cc12. The normalized spacial score (nSPS) is 14.1. The van der Waals surface area contributed by atoms with E-state index in [-0.39, 0.29) is 11.9 Å². The summed E-state index contributed by atoms with van der Waals surface area (Å²) in [6, 6.07) is 33.8. The van der Waals surface area contributed by atoms with Crippen molar-refractivity contribution in [2.24, 2.45) is 5.92 Å². The van der Waals surface area contributed by atoms with Crippen molar-refractivity contribution in [1.29, 1.82) is 0 Å². The lowest BCUT2D eigenvalue weighted by atomic mass is 9.95. The van der Waals surface area contributed by atoms with Gasteiger partial charge in [-0.25, -0.2) is 0 Å². The molecule has 0 bridgehead atoms. The Bertz CT molecular complexity index is 1610. The van der Waals surface area contributed by atoms with E-state index in [1.807, 2.05) is 35.9 Å². The van der Waals surface area contributed by atoms with Gasteiger partial charge in [0, 0.05) is 10.9 Å². The molecule has 1 aliphatic rings. The third-order valence-corrected chi connectivity index (χ3v) is 7.91. The summed E-state index contributed by atoms with van der Waals surface area (Å²) >= 11 is 0. The van der Waals surface area contributed by atoms with Gasteiger partial charge in [-0.2, -0.15) is 5.10 Å². The molecule has 1 amide bonds. The minimum Gasteiger partial charge on any atom is -0.345 e. The van der Waals surface area contributed by atoms with Crippen molar-refractivity contribution in [3.05, 3.63) is 125 Å². The van der Waals surface area contributed by atoms with Crippen molar-refractivity contribution in [3.8, 4) is 11.1 Å². The van der Waals surface area contributed by atoms with Gasteiger partial charge in [0.1, 0.15) is 0 Å². The topological polar surface area (TPSA) is 46.9 Å². The molecule has 0 unspecified atom stereocenters. The second-order valence-corrected chi connectivity index (χ2v) is 11.2. The molecule has 1 heterocycles. The molecule has 1 atom stereocenters. The maximum Gasteiger partial charge on any atom is 0.251 e. The number of aromatic nitrogens is 2. The van der Waals surface area contributed by atoms with Gasteiger partial charge >= 0.3 is 0 Å². The number of fused-ring (bicyclic) bond motifs is 1. The lowest BCUT2D eigenvalue weighted by Gasteiger charge is -2.20. The number of carbonyl (C=O) groups is 1. The zero-order chi connectivity index (χ0) is 26.9. The first-order chi connectivity index (χ1) is 19.0. The number of nitrogens with one attached hydrogen (secondary N) is 1. The van der Waals surface area contributed by atoms with E-state index in [9.17, 15) is 4.79 Å². The molecule has 4 aromatic carbocycles. The van der Waals surface area contributed by atoms with Gasteiger partial charge in [0.25, 0.3) is 5.91 Å². The van der Waals surface area contributed by atoms with E-state index in [0.717, 1.165) is 29.4 Å². The number of benzene rings is 4. The van der Waals surface area contributed by atoms with E-state index in [1.165, 1.54) is 27.8 Å². The Morgan fingerprint density at radius 2 is 1.59 bits per heavy atom. The van der Waals surface area contributed by atoms with E-state index in [0.29, 0.717) is 23.9 Å². The van der Waals surface area contributed by atoms with Crippen LogP contribution in [0, 0.1) is 12.8 Å². The van der Waals surface area contributed by atoms with Crippen LogP contribution < -0.4 is 5.32 Å². The van der Waals surface area contributed by atoms with E-state index in [4.69, 9.17) is 5.10 Å². The van der Waals surface area contributed by atoms with E-state index in [2.05, 4.69) is 92.0 Å². The summed E-state index contributed by atoms with van der Waals surface area (Å²) in [5.74, 6) is 0.953. The van der Waals surface area contributed by atoms with Gasteiger partial charge in [0.2, 0.25) is 0 Å². The van der Waals surface area contributed by atoms with E-state index >= 15 is 0 Å². The Morgan fingerprint density at radius 3 is 2.31 bits per heavy atom. The number of rotatable bonds is 8. The fourth-order valence-electron chi connectivity index (χ4n) is 5.45. The van der Waals surface area contributed by atoms with E-state index in [1.54, 1.807) is 0 Å². The van der Waals surface area contributed by atoms with Crippen LogP contribution in [0.1, 0.15) is 71.4 Å². The molecular weight excluding hydrogens is 478 g/mol. The smallest absolute Gasteiger partial charge is 0.251 e. The molecule has 0 spiro atoms. The zero-order valence-corrected chi connectivity index (χ0v) is 22.9. The maximum absolute atomic E-state index is 13.4. The average Bonchev–Trinajstić information content (AvgIpc) is 3.76. The van der Waals surface area contributed by atoms with E-state index < -0.39 is 0 Å². The van der Waals surface area contributed by atoms with Crippen molar-refractivity contribution in [3.63, 3.8) is 0 Å². The molecule has 1 aliphatic carbocycles. The molecule has 0 saturated heterocycles. The zero-order valence-electron chi connectivity index (χ0n) is 22.9. The van der Waals surface area contributed by atoms with Crippen LogP contribution in [0.25, 0.3) is 22.0 Å². The summed E-state index contributed by atoms with van der Waals surface area (Å²) in [6.45, 7) is 7.12. The number of carbonyl (C=O) groups excluding carboxylic acids is 1. The lowest BCUT2D eigenvalue weighted by molar-refractivity contribution is 0.0932. The second kappa shape index (κ2) is 10.5. The molecule has 4 nitrogen and oxygen atoms in total. The van der Waals surface area contributed by atoms with Crippen LogP contribution in [0.2, 0.25) is 0 Å². The van der Waals surface area contributed by atoms with Crippen LogP contribution in [0.4, 0.5) is 0 Å². The first-order valence-electron chi connectivity index (χ1n) is 14.0. The summed E-state index contributed by atoms with van der Waals surface area (Å²) in [5.41, 5.74) is 8.79. The van der Waals surface area contributed by atoms with Gasteiger partial charge in [0.15, 0.2) is 0 Å². The minimum absolute atomic E-state index is 0.0209. The molecule has 1 aromatic heterocycles. The van der Waals surface area contributed by atoms with Crippen LogP contribution >= 0.6 is 0 Å². The molecule has 4 heteroatoms. The monoisotopic (exact) mass is 513 g/mol. The Balaban J connectivity index is 1.21. The summed E-state index contributed by atoms with van der Waals surface area (Å²) in [4.78, 5) is 13.4. The van der Waals surface area contributed by atoms with Gasteiger partial charge < -0.3 is 5.32 Å². The number of hydrogen-bond acceptors (Lipinski definition) is 2. The highest BCUT2D eigenvalue weighted by Crippen LogP contribution is 2.41. The molecule has 1 fully saturated rings. The van der Waals surface area contributed by atoms with Crippen LogP contribution in [-0.2, 0) is 6.54 Å². The maximum atomic E-state index is 13.4. The first kappa shape index (κ1) is 25.1. The van der Waals surface area contributed by atoms with Crippen LogP contribution in [0.15, 0.2) is 97.1 Å². The Kier molecular flexibility index (Phi) is 6.78. The van der Waals surface area contributed by atoms with Gasteiger partial charge in [-0.05, 0) is 77.6 Å². The summed E-state index contributed by atoms with van der Waals surface area (Å²) in [6.07, 6.45) is 2.32. The number of nitrogens with zero attached hydrogens (tertiary/aromatic N) is 2. The van der Waals surface area contributed by atoms with Crippen LogP contribution in [-0.4, -0.2) is 15.7 Å². The molecule has 39 heavy (non-hydrogen) atoms. The highest BCUT2D eigenvalue weighted by atomic mass is 16.1. The second-order valence-electron chi connectivity index (χ2n) is 11.2. The van der Waals surface area contributed by atoms with Crippen molar-refractivity contribution in [1.82, 2.24) is 15.1 Å². The van der Waals surface area contributed by atoms with Crippen LogP contribution in [0.3, 0.4) is 0 Å². The number of amides is 1. The fourth-order valence-corrected chi connectivity index (χ4v) is 5.45. The highest BCUT2D eigenvalue weighted by molar-refractivity contribution is 5.98. The molecule has 196 valence electrons. The highest BCUT2D eigenvalue weighted by Gasteiger charge is 2.34. The fraction of sp³-hybridized carbons (Fsp3) is 0.257. The standard InChI is InChI=1S/C35H35N3O/c1-23(2)29-10-7-11-30(20-29)34(28-16-17-28)36-35(39)31-18-19-33-32(21-31)24(3)37-38(33)22-25-12-14-27(15-13-25)26-8-5-4-6-9-26/h4-15,18-21,23,28,34H,16-17,22H2,1-3H3,(H,36,39)/t34-/m0/s1. The van der Waals surface area contributed by atoms with Gasteiger partial charge in [0.05, 0.1) is 23.8 Å². The first-order valence-corrected chi connectivity index (χ1v) is 14.0. The van der Waals surface area contributed by atoms with Crippen molar-refractivity contribution in [2.45, 2.75) is 52.1 Å². The van der Waals surface area contributed by atoms with Crippen molar-refractivity contribution < 1.29 is 4.79 Å². The molecule has 0 aliphatic heterocycles. The quantitative estimate of drug-likeness (QED) is 0.228. The largest absolute Gasteiger partial charge is 0.345 e. The summed E-state index contributed by atoms with van der Waals surface area (Å²) in [5, 5.41) is 9.21. The predicted molar refractivity (Wildman–Crippen MR) is 159 cm³/mol. The van der Waals surface area contributed by atoms with Crippen molar-refractivity contribution in [2.75, 3.05) is 0 Å².